The lowest BCUT2D eigenvalue weighted by atomic mass is 10.1. The third-order valence-corrected chi connectivity index (χ3v) is 4.66. The fraction of sp³-hybridized carbons (Fsp3) is 0.474. The van der Waals surface area contributed by atoms with Gasteiger partial charge in [0.1, 0.15) is 6.33 Å². The zero-order chi connectivity index (χ0) is 19.2. The minimum atomic E-state index is -0.436. The Bertz CT molecular complexity index is 785. The number of rotatable bonds is 7. The van der Waals surface area contributed by atoms with Crippen molar-refractivity contribution in [1.29, 1.82) is 0 Å². The van der Waals surface area contributed by atoms with Gasteiger partial charge in [0.05, 0.1) is 4.92 Å². The number of benzene rings is 1. The summed E-state index contributed by atoms with van der Waals surface area (Å²) in [6.45, 7) is 7.61. The van der Waals surface area contributed by atoms with Crippen molar-refractivity contribution < 1.29 is 4.92 Å². The molecule has 1 aromatic carbocycles. The summed E-state index contributed by atoms with van der Waals surface area (Å²) in [5.74, 6) is 0.444. The van der Waals surface area contributed by atoms with Crippen LogP contribution in [0.15, 0.2) is 24.5 Å². The highest BCUT2D eigenvalue weighted by molar-refractivity contribution is 5.74. The van der Waals surface area contributed by atoms with E-state index in [1.54, 1.807) is 0 Å². The van der Waals surface area contributed by atoms with Crippen LogP contribution in [0.5, 0.6) is 0 Å². The Hall–Kier alpha value is -2.74. The average molecular weight is 370 g/mol. The molecular weight excluding hydrogens is 344 g/mol. The van der Waals surface area contributed by atoms with Crippen LogP contribution in [0, 0.1) is 24.0 Å². The molecule has 144 valence electrons. The monoisotopic (exact) mass is 370 g/mol. The van der Waals surface area contributed by atoms with Gasteiger partial charge in [-0.2, -0.15) is 0 Å². The molecule has 8 heteroatoms. The van der Waals surface area contributed by atoms with Crippen LogP contribution in [0.25, 0.3) is 0 Å². The summed E-state index contributed by atoms with van der Waals surface area (Å²) in [4.78, 5) is 21.8. The molecule has 2 heterocycles. The summed E-state index contributed by atoms with van der Waals surface area (Å²) in [6.07, 6.45) is 5.07. The summed E-state index contributed by atoms with van der Waals surface area (Å²) in [5.41, 5.74) is 2.80. The molecule has 2 N–H and O–H groups in total. The van der Waals surface area contributed by atoms with E-state index in [4.69, 9.17) is 0 Å². The smallest absolute Gasteiger partial charge is 0.353 e. The predicted molar refractivity (Wildman–Crippen MR) is 107 cm³/mol. The van der Waals surface area contributed by atoms with Gasteiger partial charge in [-0.3, -0.25) is 10.1 Å². The predicted octanol–water partition coefficient (Wildman–Crippen LogP) is 3.64. The largest absolute Gasteiger partial charge is 0.363 e. The highest BCUT2D eigenvalue weighted by atomic mass is 16.6. The number of piperidine rings is 1. The molecule has 0 atom stereocenters. The van der Waals surface area contributed by atoms with Crippen molar-refractivity contribution in [1.82, 2.24) is 14.9 Å². The van der Waals surface area contributed by atoms with E-state index in [9.17, 15) is 10.1 Å². The van der Waals surface area contributed by atoms with Gasteiger partial charge in [0.15, 0.2) is 0 Å². The van der Waals surface area contributed by atoms with Gasteiger partial charge >= 0.3 is 5.69 Å². The summed E-state index contributed by atoms with van der Waals surface area (Å²) in [6, 6.07) is 5.91. The van der Waals surface area contributed by atoms with Gasteiger partial charge in [0, 0.05) is 18.8 Å². The first-order valence-corrected chi connectivity index (χ1v) is 9.34. The Morgan fingerprint density at radius 3 is 2.41 bits per heavy atom. The van der Waals surface area contributed by atoms with Crippen LogP contribution in [0.4, 0.5) is 23.0 Å². The fourth-order valence-corrected chi connectivity index (χ4v) is 3.47. The van der Waals surface area contributed by atoms with Crippen molar-refractivity contribution in [2.75, 3.05) is 36.8 Å². The number of anilines is 3. The Labute approximate surface area is 159 Å². The number of hydrogen-bond acceptors (Lipinski definition) is 7. The van der Waals surface area contributed by atoms with E-state index in [-0.39, 0.29) is 17.3 Å². The SMILES string of the molecule is Cc1cc(C)cc(Nc2ncnc(NCCN3CCCCC3)c2[N+](=O)[O-])c1. The molecule has 27 heavy (non-hydrogen) atoms. The van der Waals surface area contributed by atoms with Crippen LogP contribution in [-0.2, 0) is 0 Å². The molecule has 2 aromatic rings. The van der Waals surface area contributed by atoms with Crippen molar-refractivity contribution in [2.45, 2.75) is 33.1 Å². The lowest BCUT2D eigenvalue weighted by Crippen LogP contribution is -2.33. The quantitative estimate of drug-likeness (QED) is 0.567. The Kier molecular flexibility index (Phi) is 6.18. The molecule has 0 bridgehead atoms. The lowest BCUT2D eigenvalue weighted by molar-refractivity contribution is -0.383. The van der Waals surface area contributed by atoms with Crippen LogP contribution in [-0.4, -0.2) is 46.0 Å². The molecule has 0 unspecified atom stereocenters. The fourth-order valence-electron chi connectivity index (χ4n) is 3.47. The second-order valence-corrected chi connectivity index (χ2v) is 7.01. The number of nitrogens with zero attached hydrogens (tertiary/aromatic N) is 4. The molecule has 0 spiro atoms. The standard InChI is InChI=1S/C19H26N6O2/c1-14-10-15(2)12-16(11-14)23-19-17(25(26)27)18(21-13-22-19)20-6-9-24-7-4-3-5-8-24/h10-13H,3-9H2,1-2H3,(H2,20,21,22,23). The van der Waals surface area contributed by atoms with Gasteiger partial charge in [-0.15, -0.1) is 0 Å². The van der Waals surface area contributed by atoms with Crippen LogP contribution in [0.3, 0.4) is 0 Å². The summed E-state index contributed by atoms with van der Waals surface area (Å²) in [5, 5.41) is 17.9. The molecule has 1 aliphatic rings. The van der Waals surface area contributed by atoms with E-state index in [0.717, 1.165) is 36.4 Å². The van der Waals surface area contributed by atoms with Gasteiger partial charge in [0.25, 0.3) is 0 Å². The lowest BCUT2D eigenvalue weighted by Gasteiger charge is -2.26. The first kappa shape index (κ1) is 19.0. The van der Waals surface area contributed by atoms with E-state index >= 15 is 0 Å². The topological polar surface area (TPSA) is 96.2 Å². The summed E-state index contributed by atoms with van der Waals surface area (Å²) in [7, 11) is 0. The summed E-state index contributed by atoms with van der Waals surface area (Å²) >= 11 is 0. The number of hydrogen-bond donors (Lipinski definition) is 2. The number of nitro groups is 1. The molecule has 1 aliphatic heterocycles. The normalized spacial score (nSPS) is 14.7. The molecule has 0 radical (unpaired) electrons. The van der Waals surface area contributed by atoms with Crippen molar-refractivity contribution in [2.24, 2.45) is 0 Å². The van der Waals surface area contributed by atoms with E-state index in [2.05, 4.69) is 25.5 Å². The number of likely N-dealkylation sites (tertiary alicyclic amines) is 1. The third kappa shape index (κ3) is 5.13. The van der Waals surface area contributed by atoms with Crippen molar-refractivity contribution in [3.8, 4) is 0 Å². The molecule has 1 saturated heterocycles. The second kappa shape index (κ2) is 8.77. The number of aryl methyl sites for hydroxylation is 2. The molecule has 0 saturated carbocycles. The van der Waals surface area contributed by atoms with Gasteiger partial charge in [-0.1, -0.05) is 12.5 Å². The molecule has 1 aromatic heterocycles. The van der Waals surface area contributed by atoms with Gasteiger partial charge in [0.2, 0.25) is 11.6 Å². The first-order valence-electron chi connectivity index (χ1n) is 9.34. The molecule has 0 amide bonds. The van der Waals surface area contributed by atoms with E-state index in [1.165, 1.54) is 25.6 Å². The number of aromatic nitrogens is 2. The molecular formula is C19H26N6O2. The van der Waals surface area contributed by atoms with Crippen molar-refractivity contribution in [3.05, 3.63) is 45.8 Å². The Morgan fingerprint density at radius 2 is 1.74 bits per heavy atom. The van der Waals surface area contributed by atoms with Crippen LogP contribution in [0.2, 0.25) is 0 Å². The highest BCUT2D eigenvalue weighted by Gasteiger charge is 2.23. The van der Waals surface area contributed by atoms with E-state index in [0.29, 0.717) is 6.54 Å². The maximum absolute atomic E-state index is 11.7. The molecule has 1 fully saturated rings. The van der Waals surface area contributed by atoms with Gasteiger partial charge in [-0.25, -0.2) is 9.97 Å². The van der Waals surface area contributed by atoms with Crippen molar-refractivity contribution >= 4 is 23.0 Å². The van der Waals surface area contributed by atoms with Crippen LogP contribution in [0.1, 0.15) is 30.4 Å². The molecule has 3 rings (SSSR count). The minimum Gasteiger partial charge on any atom is -0.363 e. The third-order valence-electron chi connectivity index (χ3n) is 4.66. The summed E-state index contributed by atoms with van der Waals surface area (Å²) < 4.78 is 0. The maximum Gasteiger partial charge on any atom is 0.353 e. The molecule has 0 aliphatic carbocycles. The Morgan fingerprint density at radius 1 is 1.07 bits per heavy atom. The van der Waals surface area contributed by atoms with Crippen LogP contribution < -0.4 is 10.6 Å². The maximum atomic E-state index is 11.7. The van der Waals surface area contributed by atoms with Gasteiger partial charge in [-0.05, 0) is 63.0 Å². The van der Waals surface area contributed by atoms with Crippen molar-refractivity contribution in [3.63, 3.8) is 0 Å². The first-order chi connectivity index (χ1) is 13.0. The zero-order valence-electron chi connectivity index (χ0n) is 15.9. The van der Waals surface area contributed by atoms with E-state index in [1.807, 2.05) is 32.0 Å². The van der Waals surface area contributed by atoms with Gasteiger partial charge < -0.3 is 15.5 Å². The molecule has 8 nitrogen and oxygen atoms in total. The zero-order valence-corrected chi connectivity index (χ0v) is 15.9. The average Bonchev–Trinajstić information content (AvgIpc) is 2.61. The van der Waals surface area contributed by atoms with E-state index < -0.39 is 4.92 Å². The second-order valence-electron chi connectivity index (χ2n) is 7.01. The minimum absolute atomic E-state index is 0.129. The highest BCUT2D eigenvalue weighted by Crippen LogP contribution is 2.31. The number of nitrogens with one attached hydrogen (secondary N) is 2. The van der Waals surface area contributed by atoms with Crippen LogP contribution >= 0.6 is 0 Å². The Balaban J connectivity index is 1.74.